The lowest BCUT2D eigenvalue weighted by atomic mass is 9.44. The van der Waals surface area contributed by atoms with E-state index < -0.39 is 16.8 Å². The third-order valence-electron chi connectivity index (χ3n) is 33.1. The molecule has 0 unspecified atom stereocenters. The number of fused-ring (bicyclic) bond motifs is 18. The van der Waals surface area contributed by atoms with Gasteiger partial charge in [0.1, 0.15) is 12.3 Å². The topological polar surface area (TPSA) is 176 Å². The van der Waals surface area contributed by atoms with Crippen LogP contribution >= 0.6 is 15.9 Å². The van der Waals surface area contributed by atoms with Gasteiger partial charge in [0.25, 0.3) is 0 Å². The highest BCUT2D eigenvalue weighted by atomic mass is 79.9. The van der Waals surface area contributed by atoms with E-state index in [0.29, 0.717) is 81.6 Å². The lowest BCUT2D eigenvalue weighted by Crippen LogP contribution is -2.55. The van der Waals surface area contributed by atoms with Gasteiger partial charge in [0.15, 0.2) is 11.6 Å². The van der Waals surface area contributed by atoms with Crippen molar-refractivity contribution in [3.8, 4) is 0 Å². The van der Waals surface area contributed by atoms with Crippen LogP contribution in [-0.4, -0.2) is 84.6 Å². The summed E-state index contributed by atoms with van der Waals surface area (Å²) in [6, 6.07) is 24.3. The molecule has 0 bridgehead atoms. The molecule has 3 aromatic carbocycles. The van der Waals surface area contributed by atoms with Crippen LogP contribution in [0.3, 0.4) is 0 Å². The smallest absolute Gasteiger partial charge is 0.157 e. The Labute approximate surface area is 627 Å². The largest absolute Gasteiger partial charge is 0.390 e. The van der Waals surface area contributed by atoms with Gasteiger partial charge in [-0.2, -0.15) is 15.3 Å². The number of alkyl halides is 1. The maximum absolute atomic E-state index is 13.7. The second-order valence-electron chi connectivity index (χ2n) is 38.3. The van der Waals surface area contributed by atoms with Crippen molar-refractivity contribution in [1.82, 2.24) is 29.8 Å². The second kappa shape index (κ2) is 29.1. The van der Waals surface area contributed by atoms with Crippen LogP contribution in [-0.2, 0) is 27.5 Å². The van der Waals surface area contributed by atoms with E-state index in [1.165, 1.54) is 116 Å². The van der Waals surface area contributed by atoms with Gasteiger partial charge < -0.3 is 15.3 Å². The maximum atomic E-state index is 13.7. The second-order valence-corrected chi connectivity index (χ2v) is 38.9. The van der Waals surface area contributed by atoms with Crippen molar-refractivity contribution < 1.29 is 29.7 Å². The fraction of sp³-hybridized carbons (Fsp3) is 0.733. The van der Waals surface area contributed by atoms with Gasteiger partial charge in [-0.05, 0) is 316 Å². The van der Waals surface area contributed by atoms with Gasteiger partial charge >= 0.3 is 0 Å². The van der Waals surface area contributed by atoms with E-state index >= 15 is 0 Å². The van der Waals surface area contributed by atoms with Crippen LogP contribution in [0.15, 0.2) is 91.4 Å². The number of nitrogens with one attached hydrogen (secondary N) is 1. The number of para-hydroxylation sites is 2. The van der Waals surface area contributed by atoms with E-state index in [4.69, 9.17) is 0 Å². The molecule has 3 aromatic heterocycles. The van der Waals surface area contributed by atoms with Gasteiger partial charge in [0.2, 0.25) is 0 Å². The molecule has 12 fully saturated rings. The molecular weight excluding hydrogens is 1340 g/mol. The van der Waals surface area contributed by atoms with Crippen molar-refractivity contribution in [2.24, 2.45) is 121 Å². The molecule has 0 saturated heterocycles. The number of carbonyl (C=O) groups excluding carboxylic acids is 3. The van der Waals surface area contributed by atoms with Crippen LogP contribution in [0.25, 0.3) is 32.7 Å². The molecule has 12 saturated carbocycles. The van der Waals surface area contributed by atoms with Crippen LogP contribution in [0.2, 0.25) is 0 Å². The number of nitrogens with zero attached hydrogens (tertiary/aromatic N) is 5. The predicted octanol–water partition coefficient (Wildman–Crippen LogP) is 20.9. The first-order chi connectivity index (χ1) is 47.6. The first kappa shape index (κ1) is 78.0. The minimum Gasteiger partial charge on any atom is -0.390 e. The minimum absolute atomic E-state index is 0. The molecule has 12 aliphatic carbocycles. The van der Waals surface area contributed by atoms with E-state index in [2.05, 4.69) is 96.1 Å². The number of Topliss-reactive ketones (excluding diaryl/α,β-unsaturated/α-hetero) is 3. The van der Waals surface area contributed by atoms with Gasteiger partial charge in [-0.25, -0.2) is 0 Å². The molecule has 0 amide bonds. The maximum Gasteiger partial charge on any atom is 0.157 e. The Morgan fingerprint density at radius 3 is 1.28 bits per heavy atom. The van der Waals surface area contributed by atoms with Crippen molar-refractivity contribution in [2.75, 3.05) is 5.33 Å². The summed E-state index contributed by atoms with van der Waals surface area (Å²) in [4.78, 5) is 39.8. The molecule has 0 spiro atoms. The number of H-pyrrole nitrogens is 1. The number of benzene rings is 3. The summed E-state index contributed by atoms with van der Waals surface area (Å²) in [7, 11) is 0. The molecule has 13 heteroatoms. The van der Waals surface area contributed by atoms with Crippen LogP contribution in [0.5, 0.6) is 0 Å². The zero-order chi connectivity index (χ0) is 70.2. The zero-order valence-corrected chi connectivity index (χ0v) is 63.8. The predicted molar refractivity (Wildman–Crippen MR) is 422 cm³/mol. The Bertz CT molecular complexity index is 3910. The highest BCUT2D eigenvalue weighted by Crippen LogP contribution is 2.72. The monoisotopic (exact) mass is 1470 g/mol. The van der Waals surface area contributed by atoms with E-state index in [9.17, 15) is 29.7 Å². The SMILES string of the molecule is C.C.C.C[C@@]1(O)CC[C@@]2(C)[C@H](CC[C@@H]3[C@@H]2CC[C@]2(C)[C@@H](C(=O)CBr)CC[C@@H]32)C1.C[C@@]1(O)CC[C@@]2(C)[C@H](CC[C@@H]3[C@@H]2CC[C@]2(C)[C@@H](C(=O)Cn4cc5ccccc5n4)CC[C@@H]32)C1.C[C@@]1(O)CC[C@@]2(C)[C@H](CC[C@@H]3[C@@H]2CC[C@]2(C)[C@@H](C(=O)Cn4ncc5ccccc54)CC[C@@H]32)C1.c1ccc2[nH]ncc2c1. The van der Waals surface area contributed by atoms with Gasteiger partial charge in [-0.15, -0.1) is 0 Å². The van der Waals surface area contributed by atoms with Crippen LogP contribution < -0.4 is 0 Å². The van der Waals surface area contributed by atoms with Crippen molar-refractivity contribution in [2.45, 2.75) is 288 Å². The minimum atomic E-state index is -0.470. The summed E-state index contributed by atoms with van der Waals surface area (Å²) >= 11 is 3.43. The molecule has 3 heterocycles. The Balaban J connectivity index is 0.000000136. The Hall–Kier alpha value is -4.56. The highest BCUT2D eigenvalue weighted by molar-refractivity contribution is 9.09. The number of hydrogen-bond donors (Lipinski definition) is 4. The van der Waals surface area contributed by atoms with E-state index in [0.717, 1.165) is 132 Å². The Kier molecular flexibility index (Phi) is 22.1. The average molecular weight is 1470 g/mol. The molecule has 0 radical (unpaired) electrons. The van der Waals surface area contributed by atoms with Crippen molar-refractivity contribution in [3.63, 3.8) is 0 Å². The number of aromatic nitrogens is 6. The molecule has 12 aliphatic rings. The third-order valence-corrected chi connectivity index (χ3v) is 33.7. The number of ketones is 3. The summed E-state index contributed by atoms with van der Waals surface area (Å²) in [6.07, 6.45) is 37.2. The van der Waals surface area contributed by atoms with Gasteiger partial charge in [0.05, 0.1) is 57.6 Å². The molecule has 566 valence electrons. The molecule has 18 rings (SSSR count). The Morgan fingerprint density at radius 1 is 0.437 bits per heavy atom. The van der Waals surface area contributed by atoms with E-state index in [1.54, 1.807) is 0 Å². The fourth-order valence-corrected chi connectivity index (χ4v) is 28.0. The standard InChI is InChI=1S/2C29H40N2O2.C22H35BrO2.C7H6N2.3CH4/c1-27(33)14-15-28(2)20(16-27)8-9-21-22-10-11-24(29(22,3)13-12-23(21)28)26(32)18-31-17-19-6-4-5-7-25(19)30-31;1-27(33)14-15-28(2)20(16-27)8-9-21-22-10-11-24(29(22,3)13-12-23(21)28)26(32)18-31-25-7-5-4-6-19(25)17-30-31;1-20(25)10-11-21(2)14(12-20)4-5-15-16-6-7-18(19(24)13-23)22(16,3)9-8-17(15)21;1-2-4-7-6(3-1)5-8-9-7;;;/h2*4-7,17,20-24,33H,8-16,18H2,1-3H3;14-18,25H,4-13H2,1-3H3;1-5H,(H,8,9);3*1H4/t2*20-,21+,22+,23+,24-,27-,28+,29+;14-,15+,16+,17+,18-,20-,21+,22+;;;;/m111..../s1. The summed E-state index contributed by atoms with van der Waals surface area (Å²) in [5.41, 5.74) is 3.46. The van der Waals surface area contributed by atoms with E-state index in [-0.39, 0.29) is 56.3 Å². The number of hydrogen-bond acceptors (Lipinski definition) is 9. The van der Waals surface area contributed by atoms with Crippen molar-refractivity contribution in [3.05, 3.63) is 91.4 Å². The normalized spacial score (nSPS) is 43.0. The highest BCUT2D eigenvalue weighted by Gasteiger charge is 2.65. The number of aromatic amines is 1. The zero-order valence-electron chi connectivity index (χ0n) is 62.2. The number of aliphatic hydroxyl groups is 3. The molecule has 0 aliphatic heterocycles. The molecule has 24 atom stereocenters. The lowest BCUT2D eigenvalue weighted by Gasteiger charge is -2.61. The molecule has 12 nitrogen and oxygen atoms in total. The number of halogens is 1. The molecule has 4 N–H and O–H groups in total. The summed E-state index contributed by atoms with van der Waals surface area (Å²) in [5.74, 6) is 10.7. The van der Waals surface area contributed by atoms with Crippen LogP contribution in [0.1, 0.15) is 258 Å². The Morgan fingerprint density at radius 2 is 0.835 bits per heavy atom. The van der Waals surface area contributed by atoms with Crippen LogP contribution in [0, 0.1) is 121 Å². The van der Waals surface area contributed by atoms with Crippen LogP contribution in [0.4, 0.5) is 0 Å². The summed E-state index contributed by atoms with van der Waals surface area (Å²) < 4.78 is 3.79. The molecular formula is C90H133BrN6O6. The van der Waals surface area contributed by atoms with Crippen molar-refractivity contribution >= 4 is 66.0 Å². The number of rotatable bonds is 8. The van der Waals surface area contributed by atoms with Gasteiger partial charge in [-0.1, -0.05) is 134 Å². The first-order valence-corrected chi connectivity index (χ1v) is 41.2. The fourth-order valence-electron chi connectivity index (χ4n) is 27.6. The quantitative estimate of drug-likeness (QED) is 0.108. The van der Waals surface area contributed by atoms with E-state index in [1.807, 2.05) is 103 Å². The average Bonchev–Trinajstić information content (AvgIpc) is 1.72. The summed E-state index contributed by atoms with van der Waals surface area (Å²) in [5, 5.41) is 51.9. The number of carbonyl (C=O) groups is 3. The van der Waals surface area contributed by atoms with Gasteiger partial charge in [-0.3, -0.25) is 28.8 Å². The molecule has 103 heavy (non-hydrogen) atoms. The van der Waals surface area contributed by atoms with Gasteiger partial charge in [0, 0.05) is 40.1 Å². The lowest BCUT2D eigenvalue weighted by molar-refractivity contribution is -0.151. The third kappa shape index (κ3) is 13.8. The summed E-state index contributed by atoms with van der Waals surface area (Å²) in [6.45, 7) is 21.9. The van der Waals surface area contributed by atoms with Crippen molar-refractivity contribution in [1.29, 1.82) is 0 Å². The first-order valence-electron chi connectivity index (χ1n) is 40.1. The molecule has 6 aromatic rings.